The van der Waals surface area contributed by atoms with Gasteiger partial charge in [-0.1, -0.05) is 108 Å². The molecule has 8 nitrogen and oxygen atoms in total. The molecule has 0 radical (unpaired) electrons. The number of aromatic nitrogens is 8. The second kappa shape index (κ2) is 10.2. The van der Waals surface area contributed by atoms with E-state index in [1.165, 1.54) is 0 Å². The minimum absolute atomic E-state index is 0. The van der Waals surface area contributed by atoms with E-state index in [0.29, 0.717) is 61.7 Å². The van der Waals surface area contributed by atoms with Crippen molar-refractivity contribution in [3.05, 3.63) is 93.9 Å². The molecule has 3 aromatic heterocycles. The van der Waals surface area contributed by atoms with Crippen LogP contribution < -0.4 is 0 Å². The van der Waals surface area contributed by atoms with Crippen molar-refractivity contribution >= 4 is 78.9 Å². The number of nitrogens with zero attached hydrogens (tertiary/aromatic N) is 6. The van der Waals surface area contributed by atoms with E-state index in [9.17, 15) is 0 Å². The molecule has 2 aliphatic heterocycles. The Morgan fingerprint density at radius 1 is 0.432 bits per heavy atom. The predicted octanol–water partition coefficient (Wildman–Crippen LogP) is 8.83. The van der Waals surface area contributed by atoms with Gasteiger partial charge in [-0.2, -0.15) is 0 Å². The molecule has 5 heterocycles. The van der Waals surface area contributed by atoms with Gasteiger partial charge in [-0.05, 0) is 6.07 Å². The second-order valence-electron chi connectivity index (χ2n) is 10.2. The molecule has 44 heavy (non-hydrogen) atoms. The van der Waals surface area contributed by atoms with Crippen molar-refractivity contribution in [3.8, 4) is 45.6 Å². The van der Waals surface area contributed by atoms with E-state index in [1.807, 2.05) is 72.8 Å². The topological polar surface area (TPSA) is 109 Å². The average molecular weight is 726 g/mol. The normalized spacial score (nSPS) is 11.8. The summed E-state index contributed by atoms with van der Waals surface area (Å²) in [6.45, 7) is 0. The number of fused-ring (bicyclic) bond motifs is 20. The summed E-state index contributed by atoms with van der Waals surface area (Å²) >= 11 is 19.8. The number of hydrogen-bond donors (Lipinski definition) is 2. The van der Waals surface area contributed by atoms with Gasteiger partial charge in [0.25, 0.3) is 0 Å². The molecule has 8 bridgehead atoms. The van der Waals surface area contributed by atoms with E-state index in [2.05, 4.69) is 9.97 Å². The van der Waals surface area contributed by atoms with Crippen molar-refractivity contribution < 1.29 is 22.4 Å². The molecule has 7 aromatic rings. The number of halogens is 3. The molecular weight excluding hydrogens is 711 g/mol. The van der Waals surface area contributed by atoms with Crippen LogP contribution in [-0.4, -0.2) is 39.9 Å². The first-order valence-corrected chi connectivity index (χ1v) is 14.4. The Morgan fingerprint density at radius 3 is 1.30 bits per heavy atom. The van der Waals surface area contributed by atoms with Crippen LogP contribution in [0.2, 0.25) is 15.1 Å². The second-order valence-corrected chi connectivity index (χ2v) is 11.3. The number of H-pyrrole nitrogens is 2. The maximum Gasteiger partial charge on any atom is 1.00 e. The summed E-state index contributed by atoms with van der Waals surface area (Å²) in [5.41, 5.74) is 5.56. The van der Waals surface area contributed by atoms with Crippen LogP contribution in [0.25, 0.3) is 89.7 Å². The summed E-state index contributed by atoms with van der Waals surface area (Å²) < 4.78 is 0. The first-order chi connectivity index (χ1) is 21.0. The van der Waals surface area contributed by atoms with Crippen LogP contribution in [0.15, 0.2) is 78.9 Å². The van der Waals surface area contributed by atoms with Gasteiger partial charge >= 0.3 is 22.4 Å². The van der Waals surface area contributed by atoms with Crippen LogP contribution in [0.4, 0.5) is 0 Å². The number of benzene rings is 4. The SMILES string of the molecule is Clc1cc2c3nc4nc(nc5[nH]c(nc6nc(nc([nH]3)c2c(Cl)c1Cl)-c1ccccc1-6)c1ccccc51)-c1ccccc1-4.[Ag+]. The molecule has 2 aliphatic rings. The van der Waals surface area contributed by atoms with Gasteiger partial charge in [0, 0.05) is 43.8 Å². The third kappa shape index (κ3) is 4.04. The van der Waals surface area contributed by atoms with Gasteiger partial charge in [0.1, 0.15) is 22.6 Å². The smallest absolute Gasteiger partial charge is 0.324 e. The molecule has 0 spiro atoms. The van der Waals surface area contributed by atoms with E-state index in [1.54, 1.807) is 6.07 Å². The summed E-state index contributed by atoms with van der Waals surface area (Å²) in [4.78, 5) is 36.4. The minimum atomic E-state index is 0. The summed E-state index contributed by atoms with van der Waals surface area (Å²) in [5, 5.41) is 3.84. The Bertz CT molecular complexity index is 2520. The largest absolute Gasteiger partial charge is 1.00 e. The quantitative estimate of drug-likeness (QED) is 0.120. The summed E-state index contributed by atoms with van der Waals surface area (Å²) in [6.07, 6.45) is 0. The third-order valence-electron chi connectivity index (χ3n) is 7.68. The zero-order chi connectivity index (χ0) is 28.8. The van der Waals surface area contributed by atoms with Crippen molar-refractivity contribution in [2.45, 2.75) is 0 Å². The molecule has 0 unspecified atom stereocenters. The molecule has 12 heteroatoms. The molecule has 0 aliphatic carbocycles. The van der Waals surface area contributed by atoms with Crippen molar-refractivity contribution in [1.82, 2.24) is 39.9 Å². The number of hydrogen-bond acceptors (Lipinski definition) is 6. The zero-order valence-electron chi connectivity index (χ0n) is 22.1. The van der Waals surface area contributed by atoms with Crippen molar-refractivity contribution in [1.29, 1.82) is 0 Å². The number of nitrogens with one attached hydrogen (secondary N) is 2. The van der Waals surface area contributed by atoms with E-state index in [0.717, 1.165) is 33.0 Å². The molecule has 0 atom stereocenters. The van der Waals surface area contributed by atoms with Crippen LogP contribution in [0.1, 0.15) is 0 Å². The van der Waals surface area contributed by atoms with Crippen LogP contribution in [0.5, 0.6) is 0 Å². The molecule has 214 valence electrons. The summed E-state index contributed by atoms with van der Waals surface area (Å²) in [7, 11) is 0. The third-order valence-corrected chi connectivity index (χ3v) is 8.94. The Labute approximate surface area is 279 Å². The Morgan fingerprint density at radius 2 is 0.818 bits per heavy atom. The maximum absolute atomic E-state index is 6.79. The Hall–Kier alpha value is -4.15. The molecule has 9 rings (SSSR count). The van der Waals surface area contributed by atoms with E-state index >= 15 is 0 Å². The standard InChI is InChI=1S/C32H15Cl3N8.Ag/c33-21-13-20-22(24(35)23(21)34)32-42-30-19-12-6-5-11-18(19)28(40-30)38-26-15-8-2-1-7-14(15)25(36-26)37-27-16-9-3-4-10-17(16)29(39-27)41-31(20)43-32;/h1-13H,(H2,36,37,38,39,40,41,42,43);/q;+1. The fourth-order valence-corrected chi connectivity index (χ4v) is 6.39. The van der Waals surface area contributed by atoms with Crippen molar-refractivity contribution in [2.75, 3.05) is 0 Å². The minimum Gasteiger partial charge on any atom is -0.324 e. The average Bonchev–Trinajstić information content (AvgIpc) is 3.75. The number of rotatable bonds is 0. The van der Waals surface area contributed by atoms with Crippen LogP contribution >= 0.6 is 34.8 Å². The van der Waals surface area contributed by atoms with Gasteiger partial charge in [0.2, 0.25) is 0 Å². The Kier molecular flexibility index (Phi) is 6.36. The summed E-state index contributed by atoms with van der Waals surface area (Å²) in [5.74, 6) is 2.00. The van der Waals surface area contributed by atoms with E-state index < -0.39 is 0 Å². The molecule has 4 aromatic carbocycles. The Balaban J connectivity index is 0.00000289. The van der Waals surface area contributed by atoms with Crippen molar-refractivity contribution in [3.63, 3.8) is 0 Å². The van der Waals surface area contributed by atoms with Gasteiger partial charge in [-0.3, -0.25) is 0 Å². The van der Waals surface area contributed by atoms with Gasteiger partial charge < -0.3 is 9.97 Å². The van der Waals surface area contributed by atoms with Gasteiger partial charge in [0.15, 0.2) is 23.3 Å². The van der Waals surface area contributed by atoms with Gasteiger partial charge in [0.05, 0.1) is 15.1 Å². The van der Waals surface area contributed by atoms with E-state index in [-0.39, 0.29) is 32.4 Å². The predicted molar refractivity (Wildman–Crippen MR) is 171 cm³/mol. The molecule has 0 saturated heterocycles. The zero-order valence-corrected chi connectivity index (χ0v) is 25.9. The fraction of sp³-hybridized carbons (Fsp3) is 0. The number of aromatic amines is 2. The summed E-state index contributed by atoms with van der Waals surface area (Å²) in [6, 6.07) is 25.4. The van der Waals surface area contributed by atoms with Crippen molar-refractivity contribution in [2.24, 2.45) is 0 Å². The monoisotopic (exact) mass is 723 g/mol. The van der Waals surface area contributed by atoms with Crippen LogP contribution in [0.3, 0.4) is 0 Å². The molecule has 0 amide bonds. The molecule has 0 fully saturated rings. The molecule has 2 N–H and O–H groups in total. The molecule has 0 saturated carbocycles. The maximum atomic E-state index is 6.79. The van der Waals surface area contributed by atoms with Crippen LogP contribution in [0, 0.1) is 0 Å². The van der Waals surface area contributed by atoms with Gasteiger partial charge in [-0.15, -0.1) is 0 Å². The van der Waals surface area contributed by atoms with Gasteiger partial charge in [-0.25, -0.2) is 29.9 Å². The fourth-order valence-electron chi connectivity index (χ4n) is 5.70. The van der Waals surface area contributed by atoms with Crippen LogP contribution in [-0.2, 0) is 22.4 Å². The first kappa shape index (κ1) is 27.4. The molecular formula is C32H15AgCl3N8+. The van der Waals surface area contributed by atoms with E-state index in [4.69, 9.17) is 64.7 Å². The first-order valence-electron chi connectivity index (χ1n) is 13.3.